The fourth-order valence-corrected chi connectivity index (χ4v) is 2.48. The summed E-state index contributed by atoms with van der Waals surface area (Å²) in [6.45, 7) is 0.533. The molecular weight excluding hydrogens is 272 g/mol. The van der Waals surface area contributed by atoms with Gasteiger partial charge in [-0.15, -0.1) is 0 Å². The Morgan fingerprint density at radius 3 is 2.27 bits per heavy atom. The molecule has 22 heavy (non-hydrogen) atoms. The Morgan fingerprint density at radius 1 is 1.05 bits per heavy atom. The molecule has 1 heterocycles. The average molecular weight is 288 g/mol. The number of nitriles is 1. The lowest BCUT2D eigenvalue weighted by molar-refractivity contribution is 0.921. The summed E-state index contributed by atoms with van der Waals surface area (Å²) in [7, 11) is 1.97. The SMILES string of the molecule is Cn1cnc(-c2ccc(CN)cc2)c1-c1ccc(C#N)cc1. The predicted octanol–water partition coefficient (Wildman–Crippen LogP) is 3.08. The number of nitrogens with two attached hydrogens (primary N) is 1. The van der Waals surface area contributed by atoms with Crippen molar-refractivity contribution in [3.05, 3.63) is 66.0 Å². The fraction of sp³-hybridized carbons (Fsp3) is 0.111. The first kappa shape index (κ1) is 14.1. The summed E-state index contributed by atoms with van der Waals surface area (Å²) >= 11 is 0. The molecule has 0 saturated heterocycles. The van der Waals surface area contributed by atoms with E-state index in [1.807, 2.05) is 60.1 Å². The quantitative estimate of drug-likeness (QED) is 0.805. The van der Waals surface area contributed by atoms with Crippen molar-refractivity contribution in [3.8, 4) is 28.6 Å². The number of hydrogen-bond acceptors (Lipinski definition) is 3. The van der Waals surface area contributed by atoms with Crippen LogP contribution < -0.4 is 5.73 Å². The molecule has 3 aromatic rings. The van der Waals surface area contributed by atoms with E-state index in [4.69, 9.17) is 11.0 Å². The first-order chi connectivity index (χ1) is 10.7. The van der Waals surface area contributed by atoms with E-state index >= 15 is 0 Å². The van der Waals surface area contributed by atoms with Crippen LogP contribution in [0.15, 0.2) is 54.9 Å². The van der Waals surface area contributed by atoms with Crippen molar-refractivity contribution >= 4 is 0 Å². The van der Waals surface area contributed by atoms with Crippen molar-refractivity contribution in [1.29, 1.82) is 5.26 Å². The highest BCUT2D eigenvalue weighted by molar-refractivity contribution is 5.78. The topological polar surface area (TPSA) is 67.6 Å². The van der Waals surface area contributed by atoms with Gasteiger partial charge in [-0.25, -0.2) is 4.98 Å². The first-order valence-corrected chi connectivity index (χ1v) is 7.04. The third-order valence-electron chi connectivity index (χ3n) is 3.69. The zero-order chi connectivity index (χ0) is 15.5. The number of hydrogen-bond donors (Lipinski definition) is 1. The van der Waals surface area contributed by atoms with Crippen LogP contribution in [0.1, 0.15) is 11.1 Å². The van der Waals surface area contributed by atoms with E-state index in [9.17, 15) is 0 Å². The molecule has 3 rings (SSSR count). The maximum absolute atomic E-state index is 8.92. The Hall–Kier alpha value is -2.90. The smallest absolute Gasteiger partial charge is 0.0991 e. The van der Waals surface area contributed by atoms with Gasteiger partial charge in [0.2, 0.25) is 0 Å². The molecule has 2 aromatic carbocycles. The van der Waals surface area contributed by atoms with Gasteiger partial charge in [0.15, 0.2) is 0 Å². The van der Waals surface area contributed by atoms with Gasteiger partial charge >= 0.3 is 0 Å². The van der Waals surface area contributed by atoms with Gasteiger partial charge in [0.05, 0.1) is 29.3 Å². The van der Waals surface area contributed by atoms with Gasteiger partial charge in [-0.1, -0.05) is 36.4 Å². The molecule has 0 fully saturated rings. The highest BCUT2D eigenvalue weighted by atomic mass is 15.0. The zero-order valence-electron chi connectivity index (χ0n) is 12.3. The minimum Gasteiger partial charge on any atom is -0.333 e. The van der Waals surface area contributed by atoms with Crippen molar-refractivity contribution in [2.75, 3.05) is 0 Å². The summed E-state index contributed by atoms with van der Waals surface area (Å²) < 4.78 is 1.99. The van der Waals surface area contributed by atoms with Gasteiger partial charge in [0.25, 0.3) is 0 Å². The molecule has 0 aliphatic rings. The standard InChI is InChI=1S/C18H16N4/c1-22-12-21-17(15-6-2-13(10-19)3-7-15)18(22)16-8-4-14(11-20)5-9-16/h2-9,12H,10,19H2,1H3. The lowest BCUT2D eigenvalue weighted by atomic mass is 10.0. The number of aryl methyl sites for hydroxylation is 1. The lowest BCUT2D eigenvalue weighted by Crippen LogP contribution is -1.96. The minimum atomic E-state index is 0.533. The van der Waals surface area contributed by atoms with Gasteiger partial charge in [0, 0.05) is 24.7 Å². The molecule has 0 bridgehead atoms. The lowest BCUT2D eigenvalue weighted by Gasteiger charge is -2.07. The zero-order valence-corrected chi connectivity index (χ0v) is 12.3. The van der Waals surface area contributed by atoms with Crippen molar-refractivity contribution in [2.24, 2.45) is 12.8 Å². The molecule has 0 aliphatic heterocycles. The van der Waals surface area contributed by atoms with Crippen LogP contribution in [-0.4, -0.2) is 9.55 Å². The predicted molar refractivity (Wildman–Crippen MR) is 86.7 cm³/mol. The summed E-state index contributed by atoms with van der Waals surface area (Å²) in [5, 5.41) is 8.92. The van der Waals surface area contributed by atoms with Crippen molar-refractivity contribution in [3.63, 3.8) is 0 Å². The molecule has 0 saturated carbocycles. The van der Waals surface area contributed by atoms with Crippen LogP contribution in [0.25, 0.3) is 22.5 Å². The van der Waals surface area contributed by atoms with Crippen LogP contribution >= 0.6 is 0 Å². The fourth-order valence-electron chi connectivity index (χ4n) is 2.48. The third-order valence-corrected chi connectivity index (χ3v) is 3.69. The van der Waals surface area contributed by atoms with E-state index in [1.54, 1.807) is 6.33 Å². The van der Waals surface area contributed by atoms with Crippen LogP contribution in [0.4, 0.5) is 0 Å². The monoisotopic (exact) mass is 288 g/mol. The third kappa shape index (κ3) is 2.50. The number of aromatic nitrogens is 2. The summed E-state index contributed by atoms with van der Waals surface area (Å²) in [4.78, 5) is 4.53. The Bertz CT molecular complexity index is 821. The molecule has 1 aromatic heterocycles. The molecule has 0 amide bonds. The number of rotatable bonds is 3. The summed E-state index contributed by atoms with van der Waals surface area (Å²) in [5.74, 6) is 0. The van der Waals surface area contributed by atoms with E-state index < -0.39 is 0 Å². The Balaban J connectivity index is 2.08. The van der Waals surface area contributed by atoms with Gasteiger partial charge in [0.1, 0.15) is 0 Å². The number of imidazole rings is 1. The normalized spacial score (nSPS) is 10.4. The molecule has 0 radical (unpaired) electrons. The Kier molecular flexibility index (Phi) is 3.73. The number of benzene rings is 2. The second kappa shape index (κ2) is 5.84. The molecule has 2 N–H and O–H groups in total. The van der Waals surface area contributed by atoms with Crippen LogP contribution in [0, 0.1) is 11.3 Å². The van der Waals surface area contributed by atoms with Crippen LogP contribution in [0.3, 0.4) is 0 Å². The molecule has 0 atom stereocenters. The number of nitrogens with zero attached hydrogens (tertiary/aromatic N) is 3. The van der Waals surface area contributed by atoms with E-state index in [-0.39, 0.29) is 0 Å². The molecule has 0 unspecified atom stereocenters. The van der Waals surface area contributed by atoms with Gasteiger partial charge < -0.3 is 10.3 Å². The maximum atomic E-state index is 8.92. The minimum absolute atomic E-state index is 0.533. The van der Waals surface area contributed by atoms with Crippen molar-refractivity contribution < 1.29 is 0 Å². The van der Waals surface area contributed by atoms with E-state index in [0.29, 0.717) is 12.1 Å². The Morgan fingerprint density at radius 2 is 1.68 bits per heavy atom. The van der Waals surface area contributed by atoms with Crippen LogP contribution in [0.2, 0.25) is 0 Å². The highest BCUT2D eigenvalue weighted by Crippen LogP contribution is 2.30. The molecule has 108 valence electrons. The van der Waals surface area contributed by atoms with Gasteiger partial charge in [-0.2, -0.15) is 5.26 Å². The second-order valence-electron chi connectivity index (χ2n) is 5.14. The first-order valence-electron chi connectivity index (χ1n) is 7.04. The molecule has 4 nitrogen and oxygen atoms in total. The summed E-state index contributed by atoms with van der Waals surface area (Å²) in [6.07, 6.45) is 1.81. The summed E-state index contributed by atoms with van der Waals surface area (Å²) in [6, 6.07) is 17.8. The highest BCUT2D eigenvalue weighted by Gasteiger charge is 2.13. The van der Waals surface area contributed by atoms with E-state index in [1.165, 1.54) is 0 Å². The summed E-state index contributed by atoms with van der Waals surface area (Å²) in [5.41, 5.74) is 11.4. The van der Waals surface area contributed by atoms with Crippen LogP contribution in [-0.2, 0) is 13.6 Å². The van der Waals surface area contributed by atoms with Gasteiger partial charge in [-0.3, -0.25) is 0 Å². The molecular formula is C18H16N4. The largest absolute Gasteiger partial charge is 0.333 e. The average Bonchev–Trinajstić information content (AvgIpc) is 2.96. The van der Waals surface area contributed by atoms with Gasteiger partial charge in [-0.05, 0) is 17.7 Å². The van der Waals surface area contributed by atoms with Crippen molar-refractivity contribution in [1.82, 2.24) is 9.55 Å². The molecule has 0 aliphatic carbocycles. The second-order valence-corrected chi connectivity index (χ2v) is 5.14. The maximum Gasteiger partial charge on any atom is 0.0991 e. The van der Waals surface area contributed by atoms with E-state index in [2.05, 4.69) is 11.1 Å². The van der Waals surface area contributed by atoms with Crippen LogP contribution in [0.5, 0.6) is 0 Å². The van der Waals surface area contributed by atoms with Crippen molar-refractivity contribution in [2.45, 2.75) is 6.54 Å². The molecule has 4 heteroatoms. The Labute approximate surface area is 129 Å². The molecule has 0 spiro atoms. The van der Waals surface area contributed by atoms with E-state index in [0.717, 1.165) is 28.1 Å².